The van der Waals surface area contributed by atoms with Crippen LogP contribution < -0.4 is 5.73 Å². The van der Waals surface area contributed by atoms with Crippen LogP contribution in [0.25, 0.3) is 0 Å². The third-order valence-corrected chi connectivity index (χ3v) is 2.07. The largest absolute Gasteiger partial charge is 0.330 e. The van der Waals surface area contributed by atoms with Crippen LogP contribution in [-0.2, 0) is 13.5 Å². The number of aryl methyl sites for hydroxylation is 2. The summed E-state index contributed by atoms with van der Waals surface area (Å²) in [7, 11) is 1.96. The Morgan fingerprint density at radius 3 is 2.92 bits per heavy atom. The number of nitrogens with two attached hydrogens (primary N) is 1. The van der Waals surface area contributed by atoms with Crippen LogP contribution >= 0.6 is 0 Å². The Hall–Kier alpha value is -0.900. The minimum Gasteiger partial charge on any atom is -0.330 e. The number of hydrogen-bond acceptors (Lipinski definition) is 3. The first-order valence-electron chi connectivity index (χ1n) is 4.27. The third-order valence-electron chi connectivity index (χ3n) is 2.07. The average Bonchev–Trinajstić information content (AvgIpc) is 2.47. The Balaban J connectivity index is 2.38. The molecule has 1 atom stereocenters. The SMILES string of the molecule is CC(CN)CCc1nncn1C. The van der Waals surface area contributed by atoms with E-state index in [0.717, 1.165) is 25.2 Å². The fourth-order valence-electron chi connectivity index (χ4n) is 1.03. The Morgan fingerprint density at radius 2 is 2.42 bits per heavy atom. The van der Waals surface area contributed by atoms with E-state index in [9.17, 15) is 0 Å². The zero-order chi connectivity index (χ0) is 8.97. The second-order valence-electron chi connectivity index (χ2n) is 3.24. The molecule has 0 saturated heterocycles. The summed E-state index contributed by atoms with van der Waals surface area (Å²) < 4.78 is 1.95. The van der Waals surface area contributed by atoms with Crippen molar-refractivity contribution in [2.24, 2.45) is 18.7 Å². The van der Waals surface area contributed by atoms with E-state index in [1.165, 1.54) is 0 Å². The molecule has 0 aliphatic carbocycles. The predicted octanol–water partition coefficient (Wildman–Crippen LogP) is 0.342. The van der Waals surface area contributed by atoms with Crippen LogP contribution in [0.15, 0.2) is 6.33 Å². The van der Waals surface area contributed by atoms with Gasteiger partial charge in [0.25, 0.3) is 0 Å². The Kier molecular flexibility index (Phi) is 3.22. The van der Waals surface area contributed by atoms with Crippen LogP contribution in [0.5, 0.6) is 0 Å². The van der Waals surface area contributed by atoms with E-state index >= 15 is 0 Å². The van der Waals surface area contributed by atoms with Crippen molar-refractivity contribution >= 4 is 0 Å². The van der Waals surface area contributed by atoms with Crippen molar-refractivity contribution in [1.82, 2.24) is 14.8 Å². The van der Waals surface area contributed by atoms with Crippen molar-refractivity contribution in [2.75, 3.05) is 6.54 Å². The normalized spacial score (nSPS) is 13.2. The monoisotopic (exact) mass is 168 g/mol. The Labute approximate surface area is 72.8 Å². The van der Waals surface area contributed by atoms with Gasteiger partial charge < -0.3 is 10.3 Å². The molecule has 0 aliphatic rings. The summed E-state index contributed by atoms with van der Waals surface area (Å²) in [5, 5.41) is 7.80. The van der Waals surface area contributed by atoms with E-state index < -0.39 is 0 Å². The van der Waals surface area contributed by atoms with Crippen LogP contribution in [0.1, 0.15) is 19.2 Å². The summed E-state index contributed by atoms with van der Waals surface area (Å²) in [6.45, 7) is 2.90. The van der Waals surface area contributed by atoms with Gasteiger partial charge in [-0.25, -0.2) is 0 Å². The van der Waals surface area contributed by atoms with Gasteiger partial charge in [-0.05, 0) is 18.9 Å². The van der Waals surface area contributed by atoms with Gasteiger partial charge in [-0.1, -0.05) is 6.92 Å². The fourth-order valence-corrected chi connectivity index (χ4v) is 1.03. The summed E-state index contributed by atoms with van der Waals surface area (Å²) >= 11 is 0. The molecule has 0 radical (unpaired) electrons. The molecule has 4 nitrogen and oxygen atoms in total. The topological polar surface area (TPSA) is 56.7 Å². The van der Waals surface area contributed by atoms with Crippen molar-refractivity contribution in [1.29, 1.82) is 0 Å². The van der Waals surface area contributed by atoms with Gasteiger partial charge in [0.2, 0.25) is 0 Å². The molecular formula is C8H16N4. The smallest absolute Gasteiger partial charge is 0.132 e. The lowest BCUT2D eigenvalue weighted by Crippen LogP contribution is -2.12. The fraction of sp³-hybridized carbons (Fsp3) is 0.750. The number of nitrogens with zero attached hydrogens (tertiary/aromatic N) is 3. The molecule has 0 aromatic carbocycles. The quantitative estimate of drug-likeness (QED) is 0.705. The Bertz CT molecular complexity index is 231. The first-order chi connectivity index (χ1) is 5.74. The molecule has 0 aliphatic heterocycles. The molecule has 0 saturated carbocycles. The summed E-state index contributed by atoms with van der Waals surface area (Å²) in [5.41, 5.74) is 5.51. The Morgan fingerprint density at radius 1 is 1.67 bits per heavy atom. The highest BCUT2D eigenvalue weighted by Crippen LogP contribution is 2.04. The minimum absolute atomic E-state index is 0.571. The van der Waals surface area contributed by atoms with Gasteiger partial charge in [0.15, 0.2) is 0 Å². The predicted molar refractivity (Wildman–Crippen MR) is 47.5 cm³/mol. The zero-order valence-electron chi connectivity index (χ0n) is 7.70. The first kappa shape index (κ1) is 9.19. The molecule has 1 aromatic heterocycles. The van der Waals surface area contributed by atoms with Gasteiger partial charge in [-0.15, -0.1) is 10.2 Å². The van der Waals surface area contributed by atoms with Crippen LogP contribution in [-0.4, -0.2) is 21.3 Å². The molecular weight excluding hydrogens is 152 g/mol. The molecule has 1 heterocycles. The van der Waals surface area contributed by atoms with Gasteiger partial charge in [0, 0.05) is 13.5 Å². The highest BCUT2D eigenvalue weighted by Gasteiger charge is 2.03. The van der Waals surface area contributed by atoms with Gasteiger partial charge in [0.05, 0.1) is 0 Å². The molecule has 12 heavy (non-hydrogen) atoms. The van der Waals surface area contributed by atoms with Crippen molar-refractivity contribution in [3.05, 3.63) is 12.2 Å². The van der Waals surface area contributed by atoms with Crippen molar-refractivity contribution < 1.29 is 0 Å². The van der Waals surface area contributed by atoms with E-state index in [2.05, 4.69) is 17.1 Å². The van der Waals surface area contributed by atoms with Crippen molar-refractivity contribution in [3.8, 4) is 0 Å². The van der Waals surface area contributed by atoms with Crippen molar-refractivity contribution in [2.45, 2.75) is 19.8 Å². The van der Waals surface area contributed by atoms with E-state index in [1.54, 1.807) is 6.33 Å². The molecule has 0 bridgehead atoms. The minimum atomic E-state index is 0.571. The van der Waals surface area contributed by atoms with Gasteiger partial charge in [-0.2, -0.15) is 0 Å². The number of rotatable bonds is 4. The zero-order valence-corrected chi connectivity index (χ0v) is 7.70. The van der Waals surface area contributed by atoms with E-state index in [1.807, 2.05) is 11.6 Å². The lowest BCUT2D eigenvalue weighted by molar-refractivity contribution is 0.530. The lowest BCUT2D eigenvalue weighted by atomic mass is 10.1. The maximum atomic E-state index is 5.51. The van der Waals surface area contributed by atoms with E-state index in [0.29, 0.717) is 5.92 Å². The second-order valence-corrected chi connectivity index (χ2v) is 3.24. The van der Waals surface area contributed by atoms with Gasteiger partial charge in [-0.3, -0.25) is 0 Å². The van der Waals surface area contributed by atoms with Crippen LogP contribution in [0.2, 0.25) is 0 Å². The molecule has 1 unspecified atom stereocenters. The second kappa shape index (κ2) is 4.21. The molecule has 0 spiro atoms. The molecule has 68 valence electrons. The highest BCUT2D eigenvalue weighted by atomic mass is 15.2. The van der Waals surface area contributed by atoms with Crippen LogP contribution in [0, 0.1) is 5.92 Å². The molecule has 4 heteroatoms. The third kappa shape index (κ3) is 2.30. The van der Waals surface area contributed by atoms with Crippen LogP contribution in [0.4, 0.5) is 0 Å². The summed E-state index contributed by atoms with van der Waals surface area (Å²) in [4.78, 5) is 0. The molecule has 2 N–H and O–H groups in total. The molecule has 1 rings (SSSR count). The summed E-state index contributed by atoms with van der Waals surface area (Å²) in [6, 6.07) is 0. The average molecular weight is 168 g/mol. The summed E-state index contributed by atoms with van der Waals surface area (Å²) in [5.74, 6) is 1.61. The maximum absolute atomic E-state index is 5.51. The van der Waals surface area contributed by atoms with E-state index in [4.69, 9.17) is 5.73 Å². The van der Waals surface area contributed by atoms with Gasteiger partial charge >= 0.3 is 0 Å². The molecule has 0 amide bonds. The lowest BCUT2D eigenvalue weighted by Gasteiger charge is -2.06. The van der Waals surface area contributed by atoms with Crippen LogP contribution in [0.3, 0.4) is 0 Å². The van der Waals surface area contributed by atoms with E-state index in [-0.39, 0.29) is 0 Å². The molecule has 1 aromatic rings. The number of hydrogen-bond donors (Lipinski definition) is 1. The first-order valence-corrected chi connectivity index (χ1v) is 4.27. The number of aromatic nitrogens is 3. The summed E-state index contributed by atoms with van der Waals surface area (Å²) in [6.07, 6.45) is 3.78. The highest BCUT2D eigenvalue weighted by molar-refractivity contribution is 4.84. The maximum Gasteiger partial charge on any atom is 0.132 e. The van der Waals surface area contributed by atoms with Crippen molar-refractivity contribution in [3.63, 3.8) is 0 Å². The molecule has 0 fully saturated rings. The standard InChI is InChI=1S/C8H16N4/c1-7(5-9)3-4-8-11-10-6-12(8)2/h6-7H,3-5,9H2,1-2H3. The van der Waals surface area contributed by atoms with Gasteiger partial charge in [0.1, 0.15) is 12.2 Å².